The fourth-order valence-corrected chi connectivity index (χ4v) is 1.81. The molecule has 2 fully saturated rings. The highest BCUT2D eigenvalue weighted by Crippen LogP contribution is 2.29. The fourth-order valence-electron chi connectivity index (χ4n) is 1.81. The lowest BCUT2D eigenvalue weighted by Crippen LogP contribution is -2.61. The molecule has 0 aromatic heterocycles. The number of likely N-dealkylation sites (tertiary alicyclic amines) is 1. The smallest absolute Gasteiger partial charge is 0.223 e. The first-order valence-corrected chi connectivity index (χ1v) is 5.79. The minimum atomic E-state index is 0.183. The van der Waals surface area contributed by atoms with Gasteiger partial charge < -0.3 is 10.2 Å². The van der Waals surface area contributed by atoms with Crippen molar-refractivity contribution < 1.29 is 9.59 Å². The minimum absolute atomic E-state index is 0.183. The number of amides is 2. The monoisotopic (exact) mass is 210 g/mol. The van der Waals surface area contributed by atoms with Crippen molar-refractivity contribution in [1.29, 1.82) is 0 Å². The van der Waals surface area contributed by atoms with Crippen molar-refractivity contribution >= 4 is 11.8 Å². The molecule has 1 N–H and O–H groups in total. The molecule has 0 radical (unpaired) electrons. The molecule has 1 aliphatic heterocycles. The second-order valence-corrected chi connectivity index (χ2v) is 4.53. The maximum atomic E-state index is 11.4. The maximum Gasteiger partial charge on any atom is 0.223 e. The molecule has 4 heteroatoms. The zero-order valence-corrected chi connectivity index (χ0v) is 9.16. The van der Waals surface area contributed by atoms with E-state index < -0.39 is 0 Å². The minimum Gasteiger partial charge on any atom is -0.350 e. The average molecular weight is 210 g/mol. The van der Waals surface area contributed by atoms with Gasteiger partial charge in [-0.3, -0.25) is 9.59 Å². The van der Waals surface area contributed by atoms with Gasteiger partial charge in [-0.1, -0.05) is 6.92 Å². The van der Waals surface area contributed by atoms with Crippen LogP contribution in [0.1, 0.15) is 32.6 Å². The fraction of sp³-hybridized carbons (Fsp3) is 0.818. The SMILES string of the molecule is CCCC(=O)N1CC(NC(=O)C2CC2)C1. The normalized spacial score (nSPS) is 21.0. The van der Waals surface area contributed by atoms with E-state index in [4.69, 9.17) is 0 Å². The van der Waals surface area contributed by atoms with Gasteiger partial charge >= 0.3 is 0 Å². The van der Waals surface area contributed by atoms with E-state index in [0.717, 1.165) is 19.3 Å². The van der Waals surface area contributed by atoms with Crippen LogP contribution in [0.2, 0.25) is 0 Å². The van der Waals surface area contributed by atoms with Crippen LogP contribution < -0.4 is 5.32 Å². The molecule has 0 aromatic rings. The van der Waals surface area contributed by atoms with Gasteiger partial charge in [0.2, 0.25) is 11.8 Å². The highest BCUT2D eigenvalue weighted by atomic mass is 16.2. The standard InChI is InChI=1S/C11H18N2O2/c1-2-3-10(14)13-6-9(7-13)12-11(15)8-4-5-8/h8-9H,2-7H2,1H3,(H,12,15). The van der Waals surface area contributed by atoms with E-state index in [9.17, 15) is 9.59 Å². The van der Waals surface area contributed by atoms with Crippen LogP contribution in [-0.2, 0) is 9.59 Å². The molecule has 0 spiro atoms. The Morgan fingerprint density at radius 2 is 2.00 bits per heavy atom. The Morgan fingerprint density at radius 1 is 1.33 bits per heavy atom. The molecule has 2 aliphatic rings. The van der Waals surface area contributed by atoms with Crippen molar-refractivity contribution in [3.63, 3.8) is 0 Å². The molecule has 4 nitrogen and oxygen atoms in total. The van der Waals surface area contributed by atoms with Crippen LogP contribution in [0.25, 0.3) is 0 Å². The molecule has 2 amide bonds. The van der Waals surface area contributed by atoms with E-state index in [1.807, 2.05) is 11.8 Å². The lowest BCUT2D eigenvalue weighted by Gasteiger charge is -2.39. The highest BCUT2D eigenvalue weighted by molar-refractivity contribution is 5.82. The van der Waals surface area contributed by atoms with Gasteiger partial charge in [-0.15, -0.1) is 0 Å². The second-order valence-electron chi connectivity index (χ2n) is 4.53. The summed E-state index contributed by atoms with van der Waals surface area (Å²) in [6.07, 6.45) is 3.60. The second kappa shape index (κ2) is 4.21. The third kappa shape index (κ3) is 2.49. The Morgan fingerprint density at radius 3 is 2.53 bits per heavy atom. The molecule has 1 saturated heterocycles. The summed E-state index contributed by atoms with van der Waals surface area (Å²) in [5, 5.41) is 2.97. The van der Waals surface area contributed by atoms with Gasteiger partial charge in [0.1, 0.15) is 0 Å². The topological polar surface area (TPSA) is 49.4 Å². The lowest BCUT2D eigenvalue weighted by molar-refractivity contribution is -0.138. The molecule has 1 aliphatic carbocycles. The summed E-state index contributed by atoms with van der Waals surface area (Å²) in [6.45, 7) is 3.42. The van der Waals surface area contributed by atoms with Crippen molar-refractivity contribution in [3.8, 4) is 0 Å². The summed E-state index contributed by atoms with van der Waals surface area (Å²) in [7, 11) is 0. The van der Waals surface area contributed by atoms with E-state index in [1.54, 1.807) is 0 Å². The summed E-state index contributed by atoms with van der Waals surface area (Å²) < 4.78 is 0. The predicted molar refractivity (Wildman–Crippen MR) is 56.1 cm³/mol. The summed E-state index contributed by atoms with van der Waals surface area (Å²) in [5.41, 5.74) is 0. The highest BCUT2D eigenvalue weighted by Gasteiger charge is 2.35. The molecule has 2 rings (SSSR count). The summed E-state index contributed by atoms with van der Waals surface area (Å²) >= 11 is 0. The van der Waals surface area contributed by atoms with Gasteiger partial charge in [0.25, 0.3) is 0 Å². The van der Waals surface area contributed by atoms with Gasteiger partial charge in [0.05, 0.1) is 6.04 Å². The average Bonchev–Trinajstić information content (AvgIpc) is 2.93. The third-order valence-electron chi connectivity index (χ3n) is 2.99. The number of carbonyl (C=O) groups excluding carboxylic acids is 2. The Balaban J connectivity index is 1.64. The lowest BCUT2D eigenvalue weighted by atomic mass is 10.1. The van der Waals surface area contributed by atoms with Gasteiger partial charge in [0, 0.05) is 25.4 Å². The Kier molecular flexibility index (Phi) is 2.93. The molecule has 1 saturated carbocycles. The van der Waals surface area contributed by atoms with Crippen LogP contribution >= 0.6 is 0 Å². The van der Waals surface area contributed by atoms with Crippen LogP contribution in [0.5, 0.6) is 0 Å². The van der Waals surface area contributed by atoms with Crippen molar-refractivity contribution in [1.82, 2.24) is 10.2 Å². The van der Waals surface area contributed by atoms with Crippen molar-refractivity contribution in [2.24, 2.45) is 5.92 Å². The zero-order chi connectivity index (χ0) is 10.8. The van der Waals surface area contributed by atoms with Crippen LogP contribution in [0.4, 0.5) is 0 Å². The van der Waals surface area contributed by atoms with E-state index in [2.05, 4.69) is 5.32 Å². The van der Waals surface area contributed by atoms with E-state index >= 15 is 0 Å². The number of rotatable bonds is 4. The Bertz CT molecular complexity index is 268. The van der Waals surface area contributed by atoms with Crippen LogP contribution in [-0.4, -0.2) is 35.8 Å². The van der Waals surface area contributed by atoms with Crippen LogP contribution in [0.15, 0.2) is 0 Å². The molecule has 15 heavy (non-hydrogen) atoms. The van der Waals surface area contributed by atoms with Crippen molar-refractivity contribution in [2.75, 3.05) is 13.1 Å². The van der Waals surface area contributed by atoms with Gasteiger partial charge in [0.15, 0.2) is 0 Å². The van der Waals surface area contributed by atoms with Crippen LogP contribution in [0, 0.1) is 5.92 Å². The molecular formula is C11H18N2O2. The quantitative estimate of drug-likeness (QED) is 0.735. The predicted octanol–water partition coefficient (Wildman–Crippen LogP) is 0.523. The maximum absolute atomic E-state index is 11.4. The molecule has 84 valence electrons. The first kappa shape index (κ1) is 10.5. The molecule has 0 bridgehead atoms. The number of hydrogen-bond donors (Lipinski definition) is 1. The third-order valence-corrected chi connectivity index (χ3v) is 2.99. The largest absolute Gasteiger partial charge is 0.350 e. The molecule has 1 heterocycles. The van der Waals surface area contributed by atoms with Gasteiger partial charge in [-0.2, -0.15) is 0 Å². The van der Waals surface area contributed by atoms with E-state index in [1.165, 1.54) is 0 Å². The number of carbonyl (C=O) groups is 2. The summed E-state index contributed by atoms with van der Waals surface area (Å²) in [6, 6.07) is 0.207. The first-order valence-electron chi connectivity index (χ1n) is 5.79. The van der Waals surface area contributed by atoms with Gasteiger partial charge in [-0.05, 0) is 19.3 Å². The molecule has 0 atom stereocenters. The van der Waals surface area contributed by atoms with Gasteiger partial charge in [-0.25, -0.2) is 0 Å². The molecule has 0 unspecified atom stereocenters. The zero-order valence-electron chi connectivity index (χ0n) is 9.16. The summed E-state index contributed by atoms with van der Waals surface area (Å²) in [5.74, 6) is 0.669. The first-order chi connectivity index (χ1) is 7.20. The van der Waals surface area contributed by atoms with Crippen molar-refractivity contribution in [2.45, 2.75) is 38.6 Å². The number of hydrogen-bond acceptors (Lipinski definition) is 2. The van der Waals surface area contributed by atoms with Crippen LogP contribution in [0.3, 0.4) is 0 Å². The Labute approximate surface area is 90.0 Å². The van der Waals surface area contributed by atoms with E-state index in [-0.39, 0.29) is 23.8 Å². The van der Waals surface area contributed by atoms with Crippen molar-refractivity contribution in [3.05, 3.63) is 0 Å². The molecule has 0 aromatic carbocycles. The van der Waals surface area contributed by atoms with E-state index in [0.29, 0.717) is 19.5 Å². The number of nitrogens with one attached hydrogen (secondary N) is 1. The summed E-state index contributed by atoms with van der Waals surface area (Å²) in [4.78, 5) is 24.6. The molecular weight excluding hydrogens is 192 g/mol. The Hall–Kier alpha value is -1.06. The number of nitrogens with zero attached hydrogens (tertiary/aromatic N) is 1.